The van der Waals surface area contributed by atoms with Gasteiger partial charge in [0.25, 0.3) is 0 Å². The van der Waals surface area contributed by atoms with Gasteiger partial charge in [-0.2, -0.15) is 0 Å². The maximum absolute atomic E-state index is 10.0. The van der Waals surface area contributed by atoms with Crippen LogP contribution in [0, 0.1) is 0 Å². The third-order valence-corrected chi connectivity index (χ3v) is 0.409. The number of hydrogen-bond acceptors (Lipinski definition) is 3. The van der Waals surface area contributed by atoms with E-state index in [0.29, 0.717) is 0 Å². The number of aliphatic hydroxyl groups is 1. The minimum atomic E-state index is -0.265. The molecule has 0 unspecified atom stereocenters. The van der Waals surface area contributed by atoms with E-state index in [2.05, 4.69) is 4.84 Å². The van der Waals surface area contributed by atoms with Crippen LogP contribution >= 0.6 is 0 Å². The molecule has 0 aliphatic carbocycles. The first-order chi connectivity index (χ1) is 4.77. The molecule has 0 atom stereocenters. The van der Waals surface area contributed by atoms with Crippen molar-refractivity contribution in [3.63, 3.8) is 0 Å². The van der Waals surface area contributed by atoms with E-state index in [1.54, 1.807) is 0 Å². The summed E-state index contributed by atoms with van der Waals surface area (Å²) in [6.45, 7) is 5.39. The van der Waals surface area contributed by atoms with Gasteiger partial charge in [-0.25, -0.2) is 5.48 Å². The van der Waals surface area contributed by atoms with Gasteiger partial charge in [-0.15, -0.1) is 0 Å². The monoisotopic (exact) mass is 149 g/mol. The zero-order chi connectivity index (χ0) is 8.41. The van der Waals surface area contributed by atoms with Crippen LogP contribution in [0.2, 0.25) is 0 Å². The molecule has 2 N–H and O–H groups in total. The van der Waals surface area contributed by atoms with E-state index in [1.807, 2.05) is 19.3 Å². The number of amides is 1. The van der Waals surface area contributed by atoms with Crippen molar-refractivity contribution in [1.29, 1.82) is 0 Å². The normalized spacial score (nSPS) is 7.60. The van der Waals surface area contributed by atoms with E-state index in [1.165, 1.54) is 6.92 Å². The van der Waals surface area contributed by atoms with Crippen LogP contribution in [0.4, 0.5) is 0 Å². The molecule has 0 aliphatic heterocycles. The van der Waals surface area contributed by atoms with Gasteiger partial charge in [-0.3, -0.25) is 9.63 Å². The molecule has 62 valence electrons. The van der Waals surface area contributed by atoms with Crippen molar-refractivity contribution >= 4 is 5.91 Å². The predicted molar refractivity (Wildman–Crippen MR) is 38.2 cm³/mol. The van der Waals surface area contributed by atoms with E-state index in [4.69, 9.17) is 5.11 Å². The Kier molecular flexibility index (Phi) is 13.6. The number of carbonyl (C=O) groups is 1. The summed E-state index contributed by atoms with van der Waals surface area (Å²) in [6, 6.07) is 0. The Morgan fingerprint density at radius 1 is 1.60 bits per heavy atom. The largest absolute Gasteiger partial charge is 0.394 e. The highest BCUT2D eigenvalue weighted by molar-refractivity contribution is 5.71. The number of carbonyl (C=O) groups excluding carboxylic acids is 1. The highest BCUT2D eigenvalue weighted by Crippen LogP contribution is 1.64. The molecule has 0 radical (unpaired) electrons. The third-order valence-electron chi connectivity index (χ3n) is 0.409. The quantitative estimate of drug-likeness (QED) is 0.441. The Morgan fingerprint density at radius 3 is 2.40 bits per heavy atom. The summed E-state index contributed by atoms with van der Waals surface area (Å²) in [5.41, 5.74) is 2.05. The molecule has 0 heterocycles. The Morgan fingerprint density at radius 2 is 2.10 bits per heavy atom. The lowest BCUT2D eigenvalue weighted by molar-refractivity contribution is -0.131. The lowest BCUT2D eigenvalue weighted by Gasteiger charge is -1.97. The van der Waals surface area contributed by atoms with Gasteiger partial charge in [0.2, 0.25) is 5.91 Å². The topological polar surface area (TPSA) is 58.6 Å². The van der Waals surface area contributed by atoms with E-state index in [9.17, 15) is 4.79 Å². The fraction of sp³-hybridized carbons (Fsp3) is 0.833. The maximum atomic E-state index is 10.0. The van der Waals surface area contributed by atoms with E-state index < -0.39 is 0 Å². The summed E-state index contributed by atoms with van der Waals surface area (Å²) in [7, 11) is 0. The molecule has 0 aromatic rings. The summed E-state index contributed by atoms with van der Waals surface area (Å²) in [6.07, 6.45) is 0. The molecule has 0 fully saturated rings. The van der Waals surface area contributed by atoms with Crippen molar-refractivity contribution in [3.8, 4) is 0 Å². The maximum Gasteiger partial charge on any atom is 0.240 e. The molecule has 4 heteroatoms. The molecule has 0 aromatic carbocycles. The van der Waals surface area contributed by atoms with Crippen molar-refractivity contribution in [1.82, 2.24) is 5.48 Å². The zero-order valence-electron chi connectivity index (χ0n) is 6.68. The highest BCUT2D eigenvalue weighted by Gasteiger charge is 1.86. The molecule has 0 spiro atoms. The van der Waals surface area contributed by atoms with Crippen LogP contribution in [0.5, 0.6) is 0 Å². The van der Waals surface area contributed by atoms with Crippen LogP contribution in [0.1, 0.15) is 20.8 Å². The summed E-state index contributed by atoms with van der Waals surface area (Å²) in [4.78, 5) is 14.4. The van der Waals surface area contributed by atoms with Gasteiger partial charge in [0, 0.05) is 6.92 Å². The van der Waals surface area contributed by atoms with E-state index in [0.717, 1.165) is 0 Å². The highest BCUT2D eigenvalue weighted by atomic mass is 16.7. The first-order valence-electron chi connectivity index (χ1n) is 3.26. The lowest BCUT2D eigenvalue weighted by Crippen LogP contribution is -2.21. The van der Waals surface area contributed by atoms with Crippen molar-refractivity contribution in [2.24, 2.45) is 0 Å². The summed E-state index contributed by atoms with van der Waals surface area (Å²) >= 11 is 0. The number of hydrogen-bond donors (Lipinski definition) is 2. The van der Waals surface area contributed by atoms with Crippen molar-refractivity contribution in [3.05, 3.63) is 0 Å². The molecule has 0 rings (SSSR count). The first-order valence-corrected chi connectivity index (χ1v) is 3.26. The molecule has 0 aromatic heterocycles. The summed E-state index contributed by atoms with van der Waals surface area (Å²) in [5.74, 6) is -0.265. The predicted octanol–water partition coefficient (Wildman–Crippen LogP) is 0.0726. The number of aliphatic hydroxyl groups excluding tert-OH is 1. The number of nitrogens with one attached hydrogen (secondary N) is 1. The Bertz CT molecular complexity index is 75.4. The SMILES string of the molecule is CC.CC(=O)NOCCO. The standard InChI is InChI=1S/C4H9NO3.C2H6/c1-4(7)5-8-3-2-6;1-2/h6H,2-3H2,1H3,(H,5,7);1-2H3. The molecule has 10 heavy (non-hydrogen) atoms. The molecular formula is C6H15NO3. The van der Waals surface area contributed by atoms with Crippen LogP contribution in [-0.4, -0.2) is 24.2 Å². The minimum absolute atomic E-state index is 0.0831. The minimum Gasteiger partial charge on any atom is -0.394 e. The van der Waals surface area contributed by atoms with Crippen LogP contribution in [0.3, 0.4) is 0 Å². The summed E-state index contributed by atoms with van der Waals surface area (Å²) < 4.78 is 0. The fourth-order valence-electron chi connectivity index (χ4n) is 0.198. The summed E-state index contributed by atoms with van der Waals surface area (Å²) in [5, 5.41) is 8.10. The Labute approximate surface area is 61.1 Å². The van der Waals surface area contributed by atoms with Gasteiger partial charge in [0.15, 0.2) is 0 Å². The molecule has 0 bridgehead atoms. The second-order valence-electron chi connectivity index (χ2n) is 1.23. The van der Waals surface area contributed by atoms with Gasteiger partial charge >= 0.3 is 0 Å². The average Bonchev–Trinajstić information content (AvgIpc) is 1.92. The van der Waals surface area contributed by atoms with Gasteiger partial charge in [-0.05, 0) is 0 Å². The lowest BCUT2D eigenvalue weighted by atomic mass is 10.8. The van der Waals surface area contributed by atoms with Crippen LogP contribution in [0.15, 0.2) is 0 Å². The molecule has 4 nitrogen and oxygen atoms in total. The number of hydroxylamine groups is 1. The molecule has 0 aliphatic rings. The van der Waals surface area contributed by atoms with Crippen molar-refractivity contribution in [2.45, 2.75) is 20.8 Å². The number of rotatable bonds is 3. The second-order valence-corrected chi connectivity index (χ2v) is 1.23. The van der Waals surface area contributed by atoms with Crippen molar-refractivity contribution in [2.75, 3.05) is 13.2 Å². The van der Waals surface area contributed by atoms with Crippen LogP contribution in [-0.2, 0) is 9.63 Å². The van der Waals surface area contributed by atoms with Crippen LogP contribution in [0.25, 0.3) is 0 Å². The molecule has 0 saturated heterocycles. The first kappa shape index (κ1) is 12.1. The van der Waals surface area contributed by atoms with Gasteiger partial charge in [-0.1, -0.05) is 13.8 Å². The Hall–Kier alpha value is -0.610. The molecule has 1 amide bonds. The second kappa shape index (κ2) is 11.2. The molecular weight excluding hydrogens is 134 g/mol. The molecule has 0 saturated carbocycles. The smallest absolute Gasteiger partial charge is 0.240 e. The Balaban J connectivity index is 0. The zero-order valence-corrected chi connectivity index (χ0v) is 6.68. The fourth-order valence-corrected chi connectivity index (χ4v) is 0.198. The van der Waals surface area contributed by atoms with Gasteiger partial charge in [0.05, 0.1) is 13.2 Å². The van der Waals surface area contributed by atoms with Gasteiger partial charge < -0.3 is 5.11 Å². The van der Waals surface area contributed by atoms with Crippen LogP contribution < -0.4 is 5.48 Å². The van der Waals surface area contributed by atoms with Crippen molar-refractivity contribution < 1.29 is 14.7 Å². The third kappa shape index (κ3) is 15.7. The van der Waals surface area contributed by atoms with E-state index in [-0.39, 0.29) is 19.1 Å². The van der Waals surface area contributed by atoms with Gasteiger partial charge in [0.1, 0.15) is 0 Å². The average molecular weight is 149 g/mol. The van der Waals surface area contributed by atoms with E-state index >= 15 is 0 Å².